The first-order valence-corrected chi connectivity index (χ1v) is 16.7. The zero-order valence-electron chi connectivity index (χ0n) is 26.9. The highest BCUT2D eigenvalue weighted by Gasteiger charge is 2.31. The number of aromatic nitrogens is 3. The molecule has 3 aromatic carbocycles. The monoisotopic (exact) mass is 664 g/mol. The highest BCUT2D eigenvalue weighted by atomic mass is 32.2. The number of urea groups is 1. The molecule has 0 saturated carbocycles. The van der Waals surface area contributed by atoms with Crippen LogP contribution in [0.3, 0.4) is 0 Å². The minimum absolute atomic E-state index is 0.252. The van der Waals surface area contributed by atoms with Crippen molar-refractivity contribution >= 4 is 28.6 Å². The Morgan fingerprint density at radius 3 is 2.53 bits per heavy atom. The zero-order chi connectivity index (χ0) is 33.6. The molecule has 1 N–H and O–H groups in total. The van der Waals surface area contributed by atoms with Crippen LogP contribution in [-0.2, 0) is 6.42 Å². The van der Waals surface area contributed by atoms with Crippen molar-refractivity contribution in [1.29, 1.82) is 0 Å². The summed E-state index contributed by atoms with van der Waals surface area (Å²) in [5, 5.41) is 8.18. The molecule has 4 aromatic rings. The summed E-state index contributed by atoms with van der Waals surface area (Å²) in [6, 6.07) is 19.7. The Bertz CT molecular complexity index is 1690. The number of amidine groups is 1. The number of aryl methyl sites for hydroxylation is 2. The van der Waals surface area contributed by atoms with E-state index in [0.717, 1.165) is 53.4 Å². The second kappa shape index (κ2) is 15.1. The van der Waals surface area contributed by atoms with E-state index in [4.69, 9.17) is 0 Å². The minimum atomic E-state index is -4.74. The predicted octanol–water partition coefficient (Wildman–Crippen LogP) is 8.69. The fraction of sp³-hybridized carbons (Fsp3) is 0.371. The molecule has 0 aliphatic carbocycles. The summed E-state index contributed by atoms with van der Waals surface area (Å²) in [6.07, 6.45) is 0.369. The smallest absolute Gasteiger partial charge is 0.406 e. The number of benzene rings is 3. The second-order valence-corrected chi connectivity index (χ2v) is 12.9. The summed E-state index contributed by atoms with van der Waals surface area (Å²) in [6.45, 7) is 9.27. The topological polar surface area (TPSA) is 84.6 Å². The van der Waals surface area contributed by atoms with E-state index in [2.05, 4.69) is 75.9 Å². The molecule has 2 heterocycles. The summed E-state index contributed by atoms with van der Waals surface area (Å²) in [5.41, 5.74) is 6.21. The SMILES string of the molecule is Cc1cccc(N2C(=NC(=O)NCCCCc3ccc(-c4ncn(-c5ccc(OC(F)(F)F)cc5)n4)cc3)SCCC2C)c1C(C)C. The number of alkyl halides is 3. The average molecular weight is 665 g/mol. The summed E-state index contributed by atoms with van der Waals surface area (Å²) in [4.78, 5) is 23.9. The van der Waals surface area contributed by atoms with Gasteiger partial charge in [-0.3, -0.25) is 0 Å². The highest BCUT2D eigenvalue weighted by Crippen LogP contribution is 2.36. The fourth-order valence-corrected chi connectivity index (χ4v) is 6.88. The van der Waals surface area contributed by atoms with E-state index >= 15 is 0 Å². The minimum Gasteiger partial charge on any atom is -0.406 e. The number of rotatable bonds is 10. The molecule has 0 spiro atoms. The van der Waals surface area contributed by atoms with Crippen molar-refractivity contribution in [2.75, 3.05) is 17.2 Å². The van der Waals surface area contributed by atoms with E-state index in [1.54, 1.807) is 11.8 Å². The molecule has 1 aliphatic rings. The quantitative estimate of drug-likeness (QED) is 0.171. The van der Waals surface area contributed by atoms with Crippen molar-refractivity contribution in [2.24, 2.45) is 4.99 Å². The van der Waals surface area contributed by atoms with Crippen LogP contribution in [0, 0.1) is 6.92 Å². The second-order valence-electron chi connectivity index (χ2n) is 11.9. The van der Waals surface area contributed by atoms with Crippen LogP contribution in [0.25, 0.3) is 17.1 Å². The van der Waals surface area contributed by atoms with Crippen LogP contribution in [-0.4, -0.2) is 50.7 Å². The number of hydrogen-bond acceptors (Lipinski definition) is 5. The average Bonchev–Trinajstić information content (AvgIpc) is 3.51. The van der Waals surface area contributed by atoms with Gasteiger partial charge in [0.05, 0.1) is 5.69 Å². The number of thioether (sulfide) groups is 1. The molecule has 1 fully saturated rings. The Kier molecular flexibility index (Phi) is 10.9. The van der Waals surface area contributed by atoms with Crippen LogP contribution in [0.1, 0.15) is 62.6 Å². The molecule has 1 aromatic heterocycles. The number of ether oxygens (including phenoxy) is 1. The maximum atomic E-state index is 12.8. The molecular weight excluding hydrogens is 625 g/mol. The van der Waals surface area contributed by atoms with Crippen molar-refractivity contribution in [3.63, 3.8) is 0 Å². The first-order chi connectivity index (χ1) is 22.5. The molecule has 2 amide bonds. The number of anilines is 1. The normalized spacial score (nSPS) is 16.1. The Hall–Kier alpha value is -4.32. The largest absolute Gasteiger partial charge is 0.573 e. The molecule has 1 aliphatic heterocycles. The molecular formula is C35H39F3N6O2S. The van der Waals surface area contributed by atoms with Gasteiger partial charge in [0.2, 0.25) is 0 Å². The third kappa shape index (κ3) is 8.94. The lowest BCUT2D eigenvalue weighted by atomic mass is 9.95. The maximum Gasteiger partial charge on any atom is 0.573 e. The van der Waals surface area contributed by atoms with Crippen molar-refractivity contribution < 1.29 is 22.7 Å². The van der Waals surface area contributed by atoms with Crippen LogP contribution in [0.5, 0.6) is 5.75 Å². The Balaban J connectivity index is 1.10. The predicted molar refractivity (Wildman–Crippen MR) is 182 cm³/mol. The number of halogens is 3. The first-order valence-electron chi connectivity index (χ1n) is 15.7. The molecule has 0 bridgehead atoms. The molecule has 12 heteroatoms. The van der Waals surface area contributed by atoms with Crippen molar-refractivity contribution in [3.8, 4) is 22.8 Å². The molecule has 1 unspecified atom stereocenters. The summed E-state index contributed by atoms with van der Waals surface area (Å²) in [7, 11) is 0. The lowest BCUT2D eigenvalue weighted by Crippen LogP contribution is -2.42. The van der Waals surface area contributed by atoms with Crippen LogP contribution in [0.2, 0.25) is 0 Å². The van der Waals surface area contributed by atoms with Gasteiger partial charge in [0.1, 0.15) is 12.1 Å². The van der Waals surface area contributed by atoms with Crippen molar-refractivity contribution in [2.45, 2.75) is 71.7 Å². The van der Waals surface area contributed by atoms with Gasteiger partial charge in [-0.25, -0.2) is 14.5 Å². The van der Waals surface area contributed by atoms with E-state index in [0.29, 0.717) is 24.0 Å². The van der Waals surface area contributed by atoms with Gasteiger partial charge in [-0.05, 0) is 92.5 Å². The number of nitrogens with zero attached hydrogens (tertiary/aromatic N) is 5. The third-order valence-corrected chi connectivity index (χ3v) is 8.94. The number of unbranched alkanes of at least 4 members (excludes halogenated alkanes) is 1. The van der Waals surface area contributed by atoms with Gasteiger partial charge in [-0.1, -0.05) is 62.0 Å². The Morgan fingerprint density at radius 1 is 1.09 bits per heavy atom. The van der Waals surface area contributed by atoms with Gasteiger partial charge >= 0.3 is 12.4 Å². The number of nitrogens with one attached hydrogen (secondary N) is 1. The van der Waals surface area contributed by atoms with Gasteiger partial charge in [0.25, 0.3) is 0 Å². The van der Waals surface area contributed by atoms with Crippen molar-refractivity contribution in [3.05, 3.63) is 89.7 Å². The van der Waals surface area contributed by atoms with Gasteiger partial charge in [-0.2, -0.15) is 4.99 Å². The lowest BCUT2D eigenvalue weighted by Gasteiger charge is -2.37. The number of aliphatic imine (C=N–C) groups is 1. The van der Waals surface area contributed by atoms with Crippen LogP contribution in [0.4, 0.5) is 23.7 Å². The molecule has 1 saturated heterocycles. The molecule has 248 valence electrons. The highest BCUT2D eigenvalue weighted by molar-refractivity contribution is 8.14. The van der Waals surface area contributed by atoms with E-state index < -0.39 is 6.36 Å². The summed E-state index contributed by atoms with van der Waals surface area (Å²) >= 11 is 1.63. The number of hydrogen-bond donors (Lipinski definition) is 1. The van der Waals surface area contributed by atoms with Crippen LogP contribution < -0.4 is 15.0 Å². The van der Waals surface area contributed by atoms with E-state index in [-0.39, 0.29) is 17.8 Å². The molecule has 47 heavy (non-hydrogen) atoms. The lowest BCUT2D eigenvalue weighted by molar-refractivity contribution is -0.274. The number of carbonyl (C=O) groups excluding carboxylic acids is 1. The Morgan fingerprint density at radius 2 is 1.83 bits per heavy atom. The summed E-state index contributed by atoms with van der Waals surface area (Å²) in [5.74, 6) is 1.49. The van der Waals surface area contributed by atoms with Gasteiger partial charge in [0.15, 0.2) is 11.0 Å². The Labute approximate surface area is 277 Å². The fourth-order valence-electron chi connectivity index (χ4n) is 5.68. The maximum absolute atomic E-state index is 12.8. The number of carbonyl (C=O) groups is 1. The van der Waals surface area contributed by atoms with Gasteiger partial charge in [0, 0.05) is 29.6 Å². The summed E-state index contributed by atoms with van der Waals surface area (Å²) < 4.78 is 42.7. The van der Waals surface area contributed by atoms with E-state index in [9.17, 15) is 18.0 Å². The molecule has 1 atom stereocenters. The van der Waals surface area contributed by atoms with Gasteiger partial charge < -0.3 is 15.0 Å². The zero-order valence-corrected chi connectivity index (χ0v) is 27.7. The van der Waals surface area contributed by atoms with E-state index in [1.807, 2.05) is 24.3 Å². The number of amides is 2. The van der Waals surface area contributed by atoms with Crippen molar-refractivity contribution in [1.82, 2.24) is 20.1 Å². The van der Waals surface area contributed by atoms with Crippen LogP contribution in [0.15, 0.2) is 78.0 Å². The van der Waals surface area contributed by atoms with Crippen LogP contribution >= 0.6 is 11.8 Å². The third-order valence-electron chi connectivity index (χ3n) is 7.96. The standard InChI is InChI=1S/C35H39F3N6O2S/c1-23(2)31-24(3)8-7-10-30(31)44-25(4)19-21-47-34(44)41-33(45)39-20-6-5-9-26-11-13-27(14-12-26)32-40-22-43(42-32)28-15-17-29(18-16-28)46-35(36,37)38/h7-8,10-18,22-23,25H,5-6,9,19-21H2,1-4H3,(H,39,45). The molecule has 0 radical (unpaired) electrons. The van der Waals surface area contributed by atoms with E-state index in [1.165, 1.54) is 46.4 Å². The molecule has 8 nitrogen and oxygen atoms in total. The first kappa shape index (κ1) is 34.0. The van der Waals surface area contributed by atoms with Gasteiger partial charge in [-0.15, -0.1) is 18.3 Å². The molecule has 5 rings (SSSR count).